The van der Waals surface area contributed by atoms with E-state index in [0.29, 0.717) is 23.9 Å². The predicted molar refractivity (Wildman–Crippen MR) is 82.4 cm³/mol. The lowest BCUT2D eigenvalue weighted by Crippen LogP contribution is -2.21. The number of hydrogen-bond acceptors (Lipinski definition) is 6. The molecule has 0 aliphatic carbocycles. The molecule has 1 atom stereocenters. The Bertz CT molecular complexity index is 765. The van der Waals surface area contributed by atoms with E-state index in [2.05, 4.69) is 20.6 Å². The summed E-state index contributed by atoms with van der Waals surface area (Å²) in [5.41, 5.74) is 0.669. The molecule has 2 heterocycles. The van der Waals surface area contributed by atoms with Gasteiger partial charge in [-0.1, -0.05) is 0 Å². The first-order valence-electron chi connectivity index (χ1n) is 6.83. The number of aromatic nitrogens is 2. The maximum Gasteiger partial charge on any atom is 0.229 e. The van der Waals surface area contributed by atoms with Crippen molar-refractivity contribution in [1.82, 2.24) is 9.97 Å². The molecule has 2 aromatic rings. The van der Waals surface area contributed by atoms with Crippen molar-refractivity contribution in [2.24, 2.45) is 0 Å². The molecule has 1 aromatic heterocycles. The summed E-state index contributed by atoms with van der Waals surface area (Å²) in [5.74, 6) is 0.928. The quantitative estimate of drug-likeness (QED) is 0.895. The number of anilines is 3. The Morgan fingerprint density at radius 1 is 1.18 bits per heavy atom. The zero-order valence-corrected chi connectivity index (χ0v) is 12.5. The average Bonchev–Trinajstić information content (AvgIpc) is 2.81. The number of hydrogen-bond donors (Lipinski definition) is 2. The van der Waals surface area contributed by atoms with Crippen molar-refractivity contribution in [3.63, 3.8) is 0 Å². The highest BCUT2D eigenvalue weighted by atomic mass is 32.2. The van der Waals surface area contributed by atoms with E-state index in [4.69, 9.17) is 0 Å². The molecule has 1 unspecified atom stereocenters. The molecule has 1 aliphatic heterocycles. The maximum absolute atomic E-state index is 12.9. The normalized spacial score (nSPS) is 19.8. The molecule has 1 saturated heterocycles. The maximum atomic E-state index is 12.9. The molecule has 116 valence electrons. The standard InChI is InChI=1S/C14H15FN4O2S/c15-10-1-3-11(4-2-10)18-14-16-7-5-13(19-14)17-12-6-8-22(20,21)9-12/h1-5,7,12H,6,8-9H2,(H2,16,17,18,19). The van der Waals surface area contributed by atoms with Gasteiger partial charge in [0.1, 0.15) is 11.6 Å². The van der Waals surface area contributed by atoms with Gasteiger partial charge in [-0.3, -0.25) is 0 Å². The molecule has 0 amide bonds. The lowest BCUT2D eigenvalue weighted by Gasteiger charge is -2.12. The van der Waals surface area contributed by atoms with Crippen molar-refractivity contribution in [3.8, 4) is 0 Å². The Labute approximate surface area is 127 Å². The van der Waals surface area contributed by atoms with Crippen LogP contribution in [0.25, 0.3) is 0 Å². The zero-order valence-electron chi connectivity index (χ0n) is 11.7. The number of benzene rings is 1. The first-order chi connectivity index (χ1) is 10.5. The van der Waals surface area contributed by atoms with Gasteiger partial charge in [-0.25, -0.2) is 17.8 Å². The van der Waals surface area contributed by atoms with Crippen LogP contribution in [-0.2, 0) is 9.84 Å². The Kier molecular flexibility index (Phi) is 3.93. The molecule has 0 saturated carbocycles. The van der Waals surface area contributed by atoms with Gasteiger partial charge in [0.2, 0.25) is 5.95 Å². The van der Waals surface area contributed by atoms with E-state index in [1.807, 2.05) is 0 Å². The van der Waals surface area contributed by atoms with E-state index < -0.39 is 9.84 Å². The van der Waals surface area contributed by atoms with Crippen LogP contribution >= 0.6 is 0 Å². The summed E-state index contributed by atoms with van der Waals surface area (Å²) in [6.45, 7) is 0. The summed E-state index contributed by atoms with van der Waals surface area (Å²) < 4.78 is 35.8. The Morgan fingerprint density at radius 3 is 2.64 bits per heavy atom. The fourth-order valence-electron chi connectivity index (χ4n) is 2.28. The van der Waals surface area contributed by atoms with Crippen molar-refractivity contribution in [2.45, 2.75) is 12.5 Å². The highest BCUT2D eigenvalue weighted by Crippen LogP contribution is 2.18. The number of rotatable bonds is 4. The molecule has 1 fully saturated rings. The fraction of sp³-hybridized carbons (Fsp3) is 0.286. The first-order valence-corrected chi connectivity index (χ1v) is 8.65. The van der Waals surface area contributed by atoms with Crippen LogP contribution in [0.15, 0.2) is 36.5 Å². The molecule has 8 heteroatoms. The van der Waals surface area contributed by atoms with Crippen LogP contribution in [0.2, 0.25) is 0 Å². The third-order valence-corrected chi connectivity index (χ3v) is 5.11. The van der Waals surface area contributed by atoms with Crippen LogP contribution in [0.4, 0.5) is 21.8 Å². The Morgan fingerprint density at radius 2 is 1.95 bits per heavy atom. The third-order valence-electron chi connectivity index (χ3n) is 3.34. The Balaban J connectivity index is 1.68. The first kappa shape index (κ1) is 14.7. The minimum absolute atomic E-state index is 0.123. The summed E-state index contributed by atoms with van der Waals surface area (Å²) >= 11 is 0. The highest BCUT2D eigenvalue weighted by Gasteiger charge is 2.27. The predicted octanol–water partition coefficient (Wildman–Crippen LogP) is 1.96. The number of nitrogens with one attached hydrogen (secondary N) is 2. The van der Waals surface area contributed by atoms with Gasteiger partial charge in [0.05, 0.1) is 11.5 Å². The second-order valence-electron chi connectivity index (χ2n) is 5.14. The monoisotopic (exact) mass is 322 g/mol. The van der Waals surface area contributed by atoms with Gasteiger partial charge >= 0.3 is 0 Å². The van der Waals surface area contributed by atoms with Gasteiger partial charge in [0, 0.05) is 17.9 Å². The molecule has 6 nitrogen and oxygen atoms in total. The summed E-state index contributed by atoms with van der Waals surface area (Å²) in [5, 5.41) is 6.07. The van der Waals surface area contributed by atoms with Crippen molar-refractivity contribution in [2.75, 3.05) is 22.1 Å². The van der Waals surface area contributed by atoms with Crippen LogP contribution in [0.1, 0.15) is 6.42 Å². The second-order valence-corrected chi connectivity index (χ2v) is 7.37. The van der Waals surface area contributed by atoms with Crippen LogP contribution in [0, 0.1) is 5.82 Å². The zero-order chi connectivity index (χ0) is 15.6. The molecule has 2 N–H and O–H groups in total. The van der Waals surface area contributed by atoms with Crippen LogP contribution in [0.5, 0.6) is 0 Å². The largest absolute Gasteiger partial charge is 0.366 e. The van der Waals surface area contributed by atoms with Crippen LogP contribution < -0.4 is 10.6 Å². The summed E-state index contributed by atoms with van der Waals surface area (Å²) in [6.07, 6.45) is 2.15. The molecule has 1 aliphatic rings. The van der Waals surface area contributed by atoms with Crippen molar-refractivity contribution >= 4 is 27.3 Å². The highest BCUT2D eigenvalue weighted by molar-refractivity contribution is 7.91. The SMILES string of the molecule is O=S1(=O)CCC(Nc2ccnc(Nc3ccc(F)cc3)n2)C1. The van der Waals surface area contributed by atoms with E-state index in [1.54, 1.807) is 24.4 Å². The van der Waals surface area contributed by atoms with Crippen molar-refractivity contribution in [3.05, 3.63) is 42.3 Å². The minimum atomic E-state index is -2.94. The van der Waals surface area contributed by atoms with E-state index in [0.717, 1.165) is 0 Å². The van der Waals surface area contributed by atoms with Gasteiger partial charge in [0.15, 0.2) is 9.84 Å². The van der Waals surface area contributed by atoms with Gasteiger partial charge < -0.3 is 10.6 Å². The van der Waals surface area contributed by atoms with Gasteiger partial charge in [0.25, 0.3) is 0 Å². The van der Waals surface area contributed by atoms with Crippen LogP contribution in [0.3, 0.4) is 0 Å². The molecule has 0 spiro atoms. The molecule has 1 aromatic carbocycles. The molecule has 0 radical (unpaired) electrons. The lowest BCUT2D eigenvalue weighted by molar-refractivity contribution is 0.602. The topological polar surface area (TPSA) is 84.0 Å². The fourth-order valence-corrected chi connectivity index (χ4v) is 3.95. The third kappa shape index (κ3) is 3.70. The molecule has 22 heavy (non-hydrogen) atoms. The van der Waals surface area contributed by atoms with E-state index in [9.17, 15) is 12.8 Å². The molecular weight excluding hydrogens is 307 g/mol. The molecular formula is C14H15FN4O2S. The van der Waals surface area contributed by atoms with Crippen molar-refractivity contribution in [1.29, 1.82) is 0 Å². The van der Waals surface area contributed by atoms with E-state index >= 15 is 0 Å². The second kappa shape index (κ2) is 5.88. The van der Waals surface area contributed by atoms with Crippen molar-refractivity contribution < 1.29 is 12.8 Å². The van der Waals surface area contributed by atoms with Crippen LogP contribution in [-0.4, -0.2) is 35.9 Å². The van der Waals surface area contributed by atoms with Gasteiger partial charge in [-0.05, 0) is 36.8 Å². The average molecular weight is 322 g/mol. The smallest absolute Gasteiger partial charge is 0.229 e. The minimum Gasteiger partial charge on any atom is -0.366 e. The van der Waals surface area contributed by atoms with E-state index in [1.165, 1.54) is 12.1 Å². The molecule has 0 bridgehead atoms. The lowest BCUT2D eigenvalue weighted by atomic mass is 10.2. The molecule has 3 rings (SSSR count). The Hall–Kier alpha value is -2.22. The van der Waals surface area contributed by atoms with Gasteiger partial charge in [-0.15, -0.1) is 0 Å². The number of nitrogens with zero attached hydrogens (tertiary/aromatic N) is 2. The van der Waals surface area contributed by atoms with E-state index in [-0.39, 0.29) is 23.4 Å². The number of sulfone groups is 1. The summed E-state index contributed by atoms with van der Waals surface area (Å²) in [7, 11) is -2.94. The number of halogens is 1. The summed E-state index contributed by atoms with van der Waals surface area (Å²) in [4.78, 5) is 8.37. The van der Waals surface area contributed by atoms with Gasteiger partial charge in [-0.2, -0.15) is 4.98 Å². The summed E-state index contributed by atoms with van der Waals surface area (Å²) in [6, 6.07) is 7.41.